The van der Waals surface area contributed by atoms with Crippen molar-refractivity contribution in [3.63, 3.8) is 0 Å². The van der Waals surface area contributed by atoms with Crippen molar-refractivity contribution in [1.82, 2.24) is 5.06 Å². The lowest BCUT2D eigenvalue weighted by Gasteiger charge is -2.37. The largest absolute Gasteiger partial charge is 0.528 e. The molecule has 0 atom stereocenters. The number of rotatable bonds is 2. The van der Waals surface area contributed by atoms with Crippen LogP contribution in [0, 0.1) is 0 Å². The Balaban J connectivity index is 1.84. The number of hydrogen-bond acceptors (Lipinski definition) is 6. The van der Waals surface area contributed by atoms with E-state index in [0.29, 0.717) is 13.1 Å². The predicted molar refractivity (Wildman–Crippen MR) is 71.4 cm³/mol. The molecular formula is C14H19NO5. The smallest absolute Gasteiger partial charge is 0.508 e. The van der Waals surface area contributed by atoms with Crippen molar-refractivity contribution in [1.29, 1.82) is 0 Å². The molecule has 0 saturated carbocycles. The maximum absolute atomic E-state index is 11.4. The highest BCUT2D eigenvalue weighted by molar-refractivity contribution is 5.60. The minimum absolute atomic E-state index is 0.0208. The summed E-state index contributed by atoms with van der Waals surface area (Å²) in [5.74, 6) is 0.136. The lowest BCUT2D eigenvalue weighted by Crippen LogP contribution is -2.46. The van der Waals surface area contributed by atoms with Crippen molar-refractivity contribution in [3.8, 4) is 11.5 Å². The van der Waals surface area contributed by atoms with E-state index in [1.807, 2.05) is 0 Å². The second kappa shape index (κ2) is 5.20. The first-order chi connectivity index (χ1) is 9.24. The third-order valence-electron chi connectivity index (χ3n) is 2.90. The maximum Gasteiger partial charge on any atom is 0.528 e. The summed E-state index contributed by atoms with van der Waals surface area (Å²) in [6.07, 6.45) is -0.731. The van der Waals surface area contributed by atoms with E-state index in [4.69, 9.17) is 9.57 Å². The molecule has 0 amide bonds. The lowest BCUT2D eigenvalue weighted by atomic mass is 9.92. The minimum atomic E-state index is -0.731. The van der Waals surface area contributed by atoms with Gasteiger partial charge in [0.15, 0.2) is 0 Å². The second-order valence-electron chi connectivity index (χ2n) is 5.84. The number of hydroxylamine groups is 2. The molecule has 1 fully saturated rings. The number of nitrogens with zero attached hydrogens (tertiary/aromatic N) is 1. The number of ether oxygens (including phenoxy) is 1. The zero-order chi connectivity index (χ0) is 14.9. The summed E-state index contributed by atoms with van der Waals surface area (Å²) < 4.78 is 5.04. The monoisotopic (exact) mass is 281 g/mol. The van der Waals surface area contributed by atoms with Crippen molar-refractivity contribution >= 4 is 6.16 Å². The first-order valence-corrected chi connectivity index (χ1v) is 6.42. The van der Waals surface area contributed by atoms with Crippen molar-refractivity contribution in [3.05, 3.63) is 23.8 Å². The number of phenolic OH excluding ortho intramolecular Hbond substituents is 2. The van der Waals surface area contributed by atoms with Crippen molar-refractivity contribution < 1.29 is 24.6 Å². The molecule has 6 heteroatoms. The van der Waals surface area contributed by atoms with E-state index in [0.717, 1.165) is 5.56 Å². The van der Waals surface area contributed by atoms with E-state index in [-0.39, 0.29) is 17.4 Å². The van der Waals surface area contributed by atoms with Gasteiger partial charge in [-0.25, -0.2) is 4.79 Å². The van der Waals surface area contributed by atoms with Gasteiger partial charge in [-0.1, -0.05) is 6.07 Å². The zero-order valence-corrected chi connectivity index (χ0v) is 11.8. The maximum atomic E-state index is 11.4. The quantitative estimate of drug-likeness (QED) is 0.810. The fourth-order valence-electron chi connectivity index (χ4n) is 1.96. The highest BCUT2D eigenvalue weighted by Crippen LogP contribution is 2.35. The molecule has 0 unspecified atom stereocenters. The highest BCUT2D eigenvalue weighted by atomic mass is 16.8. The summed E-state index contributed by atoms with van der Waals surface area (Å²) in [5, 5.41) is 20.4. The Bertz CT molecular complexity index is 503. The van der Waals surface area contributed by atoms with Crippen LogP contribution in [-0.4, -0.2) is 40.1 Å². The first-order valence-electron chi connectivity index (χ1n) is 6.42. The van der Waals surface area contributed by atoms with Crippen LogP contribution in [0.5, 0.6) is 11.5 Å². The van der Waals surface area contributed by atoms with E-state index >= 15 is 0 Å². The molecule has 1 aromatic rings. The van der Waals surface area contributed by atoms with Gasteiger partial charge in [0.25, 0.3) is 0 Å². The molecule has 0 aromatic heterocycles. The van der Waals surface area contributed by atoms with Crippen LogP contribution >= 0.6 is 0 Å². The highest BCUT2D eigenvalue weighted by Gasteiger charge is 2.34. The Hall–Kier alpha value is -1.95. The fraction of sp³-hybridized carbons (Fsp3) is 0.500. The average Bonchev–Trinajstić information content (AvgIpc) is 2.21. The molecule has 0 spiro atoms. The van der Waals surface area contributed by atoms with E-state index in [9.17, 15) is 15.0 Å². The first kappa shape index (κ1) is 14.5. The van der Waals surface area contributed by atoms with Crippen LogP contribution in [0.3, 0.4) is 0 Å². The summed E-state index contributed by atoms with van der Waals surface area (Å²) >= 11 is 0. The van der Waals surface area contributed by atoms with Gasteiger partial charge in [0.05, 0.1) is 0 Å². The summed E-state index contributed by atoms with van der Waals surface area (Å²) in [4.78, 5) is 16.5. The summed E-state index contributed by atoms with van der Waals surface area (Å²) in [5.41, 5.74) is 0.142. The van der Waals surface area contributed by atoms with Gasteiger partial charge in [-0.3, -0.25) is 0 Å². The van der Waals surface area contributed by atoms with Gasteiger partial charge in [0.2, 0.25) is 0 Å². The number of carbonyl (C=O) groups excluding carboxylic acids is 1. The Morgan fingerprint density at radius 3 is 2.50 bits per heavy atom. The van der Waals surface area contributed by atoms with E-state index < -0.39 is 11.8 Å². The van der Waals surface area contributed by atoms with Crippen molar-refractivity contribution in [2.75, 3.05) is 13.1 Å². The molecule has 0 bridgehead atoms. The molecule has 2 rings (SSSR count). The number of carbonyl (C=O) groups is 1. The molecule has 1 aliphatic heterocycles. The van der Waals surface area contributed by atoms with Crippen LogP contribution < -0.4 is 0 Å². The van der Waals surface area contributed by atoms with Crippen LogP contribution in [0.2, 0.25) is 0 Å². The van der Waals surface area contributed by atoms with E-state index in [1.165, 1.54) is 17.2 Å². The predicted octanol–water partition coefficient (Wildman–Crippen LogP) is 2.36. The Kier molecular flexibility index (Phi) is 3.76. The standard InChI is InChI=1S/C14H19NO5/c1-14(2,3)19-13(18)20-15-7-9(8-15)11-5-4-10(16)6-12(11)17/h4-6,9,16-17H,7-8H2,1-3H3. The molecular weight excluding hydrogens is 262 g/mol. The summed E-state index contributed by atoms with van der Waals surface area (Å²) in [6.45, 7) is 6.26. The van der Waals surface area contributed by atoms with E-state index in [1.54, 1.807) is 26.8 Å². The number of aromatic hydroxyl groups is 2. The van der Waals surface area contributed by atoms with Gasteiger partial charge in [-0.2, -0.15) is 0 Å². The Morgan fingerprint density at radius 2 is 1.95 bits per heavy atom. The van der Waals surface area contributed by atoms with Gasteiger partial charge >= 0.3 is 6.16 Å². The van der Waals surface area contributed by atoms with Gasteiger partial charge in [0.1, 0.15) is 17.1 Å². The summed E-state index contributed by atoms with van der Waals surface area (Å²) in [6, 6.07) is 4.49. The van der Waals surface area contributed by atoms with Crippen LogP contribution in [0.25, 0.3) is 0 Å². The third-order valence-corrected chi connectivity index (χ3v) is 2.90. The normalized spacial score (nSPS) is 16.6. The third kappa shape index (κ3) is 3.54. The van der Waals surface area contributed by atoms with Crippen LogP contribution in [0.1, 0.15) is 32.3 Å². The Morgan fingerprint density at radius 1 is 1.30 bits per heavy atom. The molecule has 6 nitrogen and oxygen atoms in total. The molecule has 110 valence electrons. The molecule has 2 N–H and O–H groups in total. The lowest BCUT2D eigenvalue weighted by molar-refractivity contribution is -0.182. The molecule has 0 aliphatic carbocycles. The van der Waals surface area contributed by atoms with Gasteiger partial charge in [0, 0.05) is 30.6 Å². The number of phenols is 2. The molecule has 1 heterocycles. The SMILES string of the molecule is CC(C)(C)OC(=O)ON1CC(c2ccc(O)cc2O)C1. The number of benzene rings is 1. The Labute approximate surface area is 117 Å². The number of hydrogen-bond donors (Lipinski definition) is 2. The molecule has 1 aromatic carbocycles. The topological polar surface area (TPSA) is 79.2 Å². The molecule has 1 saturated heterocycles. The summed E-state index contributed by atoms with van der Waals surface area (Å²) in [7, 11) is 0. The molecule has 20 heavy (non-hydrogen) atoms. The molecule has 0 radical (unpaired) electrons. The zero-order valence-electron chi connectivity index (χ0n) is 11.8. The van der Waals surface area contributed by atoms with Gasteiger partial charge < -0.3 is 19.8 Å². The van der Waals surface area contributed by atoms with Crippen LogP contribution in [0.4, 0.5) is 4.79 Å². The van der Waals surface area contributed by atoms with E-state index in [2.05, 4.69) is 0 Å². The minimum Gasteiger partial charge on any atom is -0.508 e. The van der Waals surface area contributed by atoms with Crippen LogP contribution in [-0.2, 0) is 9.57 Å². The van der Waals surface area contributed by atoms with Gasteiger partial charge in [-0.05, 0) is 26.8 Å². The second-order valence-corrected chi connectivity index (χ2v) is 5.84. The van der Waals surface area contributed by atoms with Gasteiger partial charge in [-0.15, -0.1) is 5.06 Å². The van der Waals surface area contributed by atoms with Crippen molar-refractivity contribution in [2.24, 2.45) is 0 Å². The van der Waals surface area contributed by atoms with Crippen molar-refractivity contribution in [2.45, 2.75) is 32.3 Å². The molecule has 1 aliphatic rings. The van der Waals surface area contributed by atoms with Crippen LogP contribution in [0.15, 0.2) is 18.2 Å². The fourth-order valence-corrected chi connectivity index (χ4v) is 1.96. The average molecular weight is 281 g/mol.